The van der Waals surface area contributed by atoms with Gasteiger partial charge in [0.1, 0.15) is 66.5 Å². The van der Waals surface area contributed by atoms with E-state index in [-0.39, 0.29) is 69.2 Å². The summed E-state index contributed by atoms with van der Waals surface area (Å²) in [7, 11) is 11.3. The Labute approximate surface area is 538 Å². The number of nitrogens with two attached hydrogens (primary N) is 1. The molecule has 1 aliphatic heterocycles. The molecule has 1 rings (SSSR count). The van der Waals surface area contributed by atoms with Crippen LogP contribution in [0.5, 0.6) is 0 Å². The molecule has 90 heavy (non-hydrogen) atoms. The number of aliphatic hydroxyl groups is 1. The maximum atomic E-state index is 15.3. The number of likely N-dealkylation sites (N-methyl/N-ethyl adjacent to an activating group) is 7. The van der Waals surface area contributed by atoms with E-state index in [1.807, 2.05) is 41.5 Å². The molecule has 0 aromatic carbocycles. The van der Waals surface area contributed by atoms with Crippen LogP contribution < -0.4 is 27.0 Å². The summed E-state index contributed by atoms with van der Waals surface area (Å²) in [5.41, 5.74) is 5.10. The Bertz CT molecular complexity index is 2470. The van der Waals surface area contributed by atoms with Crippen LogP contribution in [0.2, 0.25) is 0 Å². The topological polar surface area (TPSA) is 314 Å². The molecule has 1 heterocycles. The fraction of sp³-hybridized carbons (Fsp3) is 0.800. The number of nitrogens with one attached hydrogen (secondary N) is 4. The first-order chi connectivity index (χ1) is 41.5. The lowest BCUT2D eigenvalue weighted by molar-refractivity contribution is -0.157. The van der Waals surface area contributed by atoms with Crippen LogP contribution in [-0.4, -0.2) is 246 Å². The lowest BCUT2D eigenvalue weighted by atomic mass is 9.91. The summed E-state index contributed by atoms with van der Waals surface area (Å²) in [5.74, 6) is -10.2. The minimum Gasteiger partial charge on any atom is -0.390 e. The van der Waals surface area contributed by atoms with Gasteiger partial charge in [-0.25, -0.2) is 0 Å². The van der Waals surface area contributed by atoms with Crippen LogP contribution in [0.25, 0.3) is 0 Å². The number of nitrogens with zero attached hydrogens (tertiary/aromatic N) is 7. The highest BCUT2D eigenvalue weighted by atomic mass is 16.5. The highest BCUT2D eigenvalue weighted by Gasteiger charge is 2.47. The molecule has 0 aromatic rings. The molecule has 25 nitrogen and oxygen atoms in total. The molecular weight excluding hydrogens is 1160 g/mol. The van der Waals surface area contributed by atoms with Crippen molar-refractivity contribution in [3.8, 4) is 0 Å². The highest BCUT2D eigenvalue weighted by molar-refractivity contribution is 6.00. The smallest absolute Gasteiger partial charge is 0.246 e. The Balaban J connectivity index is 4.51. The van der Waals surface area contributed by atoms with Crippen molar-refractivity contribution < 1.29 is 62.6 Å². The maximum Gasteiger partial charge on any atom is 0.246 e. The van der Waals surface area contributed by atoms with Gasteiger partial charge in [0.25, 0.3) is 0 Å². The fourth-order valence-electron chi connectivity index (χ4n) is 11.3. The van der Waals surface area contributed by atoms with Crippen LogP contribution in [0, 0.1) is 35.5 Å². The Morgan fingerprint density at radius 1 is 0.511 bits per heavy atom. The molecule has 0 aromatic heterocycles. The molecule has 0 bridgehead atoms. The number of carbonyl (C=O) groups excluding carboxylic acids is 11. The first-order valence-corrected chi connectivity index (χ1v) is 32.2. The monoisotopic (exact) mass is 1270 g/mol. The number of methoxy groups -OCH3 is 1. The molecule has 7 N–H and O–H groups in total. The third kappa shape index (κ3) is 22.3. The minimum absolute atomic E-state index is 0.0287. The van der Waals surface area contributed by atoms with Gasteiger partial charge in [-0.2, -0.15) is 0 Å². The van der Waals surface area contributed by atoms with E-state index >= 15 is 24.0 Å². The van der Waals surface area contributed by atoms with Crippen LogP contribution in [0.15, 0.2) is 12.2 Å². The molecule has 25 heteroatoms. The zero-order valence-corrected chi connectivity index (χ0v) is 59.3. The molecule has 13 atom stereocenters. The van der Waals surface area contributed by atoms with E-state index in [4.69, 9.17) is 10.5 Å². The number of ether oxygens (including phenoxy) is 1. The van der Waals surface area contributed by atoms with Gasteiger partial charge in [0.05, 0.1) is 11.7 Å². The van der Waals surface area contributed by atoms with Crippen molar-refractivity contribution >= 4 is 65.0 Å². The van der Waals surface area contributed by atoms with Crippen molar-refractivity contribution in [2.45, 2.75) is 241 Å². The van der Waals surface area contributed by atoms with Gasteiger partial charge in [0.15, 0.2) is 0 Å². The summed E-state index contributed by atoms with van der Waals surface area (Å²) in [6.45, 7) is 29.3. The third-order valence-corrected chi connectivity index (χ3v) is 17.4. The van der Waals surface area contributed by atoms with Gasteiger partial charge in [-0.05, 0) is 115 Å². The summed E-state index contributed by atoms with van der Waals surface area (Å²) in [6.07, 6.45) is 2.49. The number of allylic oxidation sites excluding steroid dienone is 2. The summed E-state index contributed by atoms with van der Waals surface area (Å²) >= 11 is 0. The molecule has 1 saturated heterocycles. The Hall–Kier alpha value is -6.21. The van der Waals surface area contributed by atoms with Crippen molar-refractivity contribution in [1.82, 2.24) is 55.6 Å². The normalized spacial score (nSPS) is 27.0. The third-order valence-electron chi connectivity index (χ3n) is 17.4. The van der Waals surface area contributed by atoms with E-state index in [1.54, 1.807) is 74.5 Å². The zero-order chi connectivity index (χ0) is 69.9. The number of rotatable bonds is 18. The Kier molecular flexibility index (Phi) is 33.4. The van der Waals surface area contributed by atoms with E-state index in [9.17, 15) is 33.9 Å². The van der Waals surface area contributed by atoms with Crippen molar-refractivity contribution in [1.29, 1.82) is 0 Å². The molecule has 1 aliphatic rings. The van der Waals surface area contributed by atoms with E-state index in [0.29, 0.717) is 0 Å². The molecule has 1 fully saturated rings. The van der Waals surface area contributed by atoms with Crippen molar-refractivity contribution in [3.05, 3.63) is 12.2 Å². The lowest BCUT2D eigenvalue weighted by Gasteiger charge is -2.41. The Morgan fingerprint density at radius 3 is 1.39 bits per heavy atom. The minimum atomic E-state index is -1.65. The van der Waals surface area contributed by atoms with E-state index < -0.39 is 161 Å². The molecule has 0 spiro atoms. The predicted molar refractivity (Wildman–Crippen MR) is 347 cm³/mol. The van der Waals surface area contributed by atoms with Crippen LogP contribution in [0.4, 0.5) is 0 Å². The lowest BCUT2D eigenvalue weighted by Crippen LogP contribution is -2.64. The molecule has 0 saturated carbocycles. The van der Waals surface area contributed by atoms with Gasteiger partial charge in [-0.1, -0.05) is 95.2 Å². The van der Waals surface area contributed by atoms with Gasteiger partial charge < -0.3 is 71.1 Å². The van der Waals surface area contributed by atoms with Crippen LogP contribution in [0.1, 0.15) is 163 Å². The van der Waals surface area contributed by atoms with Crippen molar-refractivity contribution in [2.24, 2.45) is 41.2 Å². The molecular formula is C65H118N12O13. The van der Waals surface area contributed by atoms with Crippen molar-refractivity contribution in [2.75, 3.05) is 63.0 Å². The largest absolute Gasteiger partial charge is 0.390 e. The quantitative estimate of drug-likeness (QED) is 0.108. The maximum absolute atomic E-state index is 15.3. The number of hydrogen-bond donors (Lipinski definition) is 6. The molecule has 0 radical (unpaired) electrons. The second kappa shape index (κ2) is 36.7. The molecule has 516 valence electrons. The number of carbonyl (C=O) groups is 11. The summed E-state index contributed by atoms with van der Waals surface area (Å²) in [4.78, 5) is 171. The van der Waals surface area contributed by atoms with E-state index in [1.165, 1.54) is 94.8 Å². The number of amides is 11. The second-order valence-corrected chi connectivity index (χ2v) is 27.4. The second-order valence-electron chi connectivity index (χ2n) is 27.4. The Morgan fingerprint density at radius 2 is 0.933 bits per heavy atom. The average Bonchev–Trinajstić information content (AvgIpc) is 0.995. The van der Waals surface area contributed by atoms with Crippen molar-refractivity contribution in [3.63, 3.8) is 0 Å². The predicted octanol–water partition coefficient (Wildman–Crippen LogP) is 2.76. The van der Waals surface area contributed by atoms with Crippen LogP contribution in [-0.2, 0) is 57.5 Å². The fourth-order valence-corrected chi connectivity index (χ4v) is 11.3. The zero-order valence-electron chi connectivity index (χ0n) is 59.3. The summed E-state index contributed by atoms with van der Waals surface area (Å²) < 4.78 is 5.76. The van der Waals surface area contributed by atoms with Gasteiger partial charge >= 0.3 is 0 Å². The van der Waals surface area contributed by atoms with Gasteiger partial charge in [0.2, 0.25) is 65.0 Å². The molecule has 1 unspecified atom stereocenters. The highest BCUT2D eigenvalue weighted by Crippen LogP contribution is 2.27. The van der Waals surface area contributed by atoms with Gasteiger partial charge in [-0.15, -0.1) is 0 Å². The first kappa shape index (κ1) is 81.8. The summed E-state index contributed by atoms with van der Waals surface area (Å²) in [6, 6.07) is -14.2. The average molecular weight is 1280 g/mol. The first-order valence-electron chi connectivity index (χ1n) is 32.2. The van der Waals surface area contributed by atoms with Gasteiger partial charge in [-0.3, -0.25) is 52.7 Å². The van der Waals surface area contributed by atoms with Crippen LogP contribution in [0.3, 0.4) is 0 Å². The number of aliphatic hydroxyl groups excluding tert-OH is 1. The number of hydrogen-bond acceptors (Lipinski definition) is 14. The molecule has 11 amide bonds. The van der Waals surface area contributed by atoms with Crippen LogP contribution >= 0.6 is 0 Å². The standard InChI is InChI=1S/C65H118N12O13/c1-26-28-29-41(13)53(78)52-57(82)69-44(27-2)59(84)71(18)45(30-31-66)60(85)75(22)49(35-65(16,17)90-25)56(81)70-50(39(9)10)63(88)72(19)46(32-36(3)4)55(80)67-42(14)54(79)68-43(15)58(83)73(20)47(33-37(5)6)61(86)74(21)48(34-38(7)8)62(87)76(23)51(40(11)12)64(89)77(52)24/h26,28,36-53,78H,27,29-35,66H2,1-25H3,(H,67,80)(H,68,79)(H,69,82)(H,70,81)/t41-,42+,43-,44+,45?,46+,47+,48+,49+,50+,51+,52+,53-/m1/s1. The van der Waals surface area contributed by atoms with Gasteiger partial charge in [0, 0.05) is 62.9 Å². The van der Waals surface area contributed by atoms with E-state index in [0.717, 1.165) is 9.80 Å². The van der Waals surface area contributed by atoms with E-state index in [2.05, 4.69) is 21.3 Å². The molecule has 0 aliphatic carbocycles. The summed E-state index contributed by atoms with van der Waals surface area (Å²) in [5, 5.41) is 23.2. The SMILES string of the molecule is CC=CC[C@@H](C)[C@@H](O)[C@H]1C(=O)N[C@@H](CC)C(=O)N(C)C(CCN)C(=O)N(C)[C@@H](CC(C)(C)OC)C(=O)N[C@@H](C(C)C)C(=O)N(C)[C@@H](CC(C)C)C(=O)N[C@@H](C)C(=O)N[C@H](C)C(=O)N(C)[C@@H](CC(C)C)C(=O)N(C)[C@@H](CC(C)C)C(=O)N(C)[C@@H](C(C)C)C(=O)N1C.